The highest BCUT2D eigenvalue weighted by Crippen LogP contribution is 2.31. The lowest BCUT2D eigenvalue weighted by Crippen LogP contribution is -2.47. The van der Waals surface area contributed by atoms with Gasteiger partial charge >= 0.3 is 0 Å². The average molecular weight is 237 g/mol. The fourth-order valence-electron chi connectivity index (χ4n) is 2.45. The van der Waals surface area contributed by atoms with E-state index in [0.717, 1.165) is 30.7 Å². The Balaban J connectivity index is 2.08. The van der Waals surface area contributed by atoms with Gasteiger partial charge in [0, 0.05) is 6.54 Å². The van der Waals surface area contributed by atoms with Crippen LogP contribution in [0.1, 0.15) is 18.9 Å². The van der Waals surface area contributed by atoms with Gasteiger partial charge < -0.3 is 10.1 Å². The SMILES string of the molecule is COc1cccc(CC2CCNCC2(C)F)c1. The summed E-state index contributed by atoms with van der Waals surface area (Å²) in [4.78, 5) is 0. The molecule has 94 valence electrons. The molecule has 2 rings (SSSR count). The van der Waals surface area contributed by atoms with E-state index in [2.05, 4.69) is 5.32 Å². The Morgan fingerprint density at radius 3 is 3.06 bits per heavy atom. The molecule has 1 saturated heterocycles. The molecular formula is C14H20FNO. The van der Waals surface area contributed by atoms with Crippen molar-refractivity contribution in [2.75, 3.05) is 20.2 Å². The Hall–Kier alpha value is -1.09. The number of ether oxygens (including phenoxy) is 1. The van der Waals surface area contributed by atoms with Crippen LogP contribution in [0.25, 0.3) is 0 Å². The van der Waals surface area contributed by atoms with Crippen molar-refractivity contribution in [3.8, 4) is 5.75 Å². The number of nitrogens with one attached hydrogen (secondary N) is 1. The molecule has 2 unspecified atom stereocenters. The third-order valence-corrected chi connectivity index (χ3v) is 3.61. The van der Waals surface area contributed by atoms with Gasteiger partial charge in [-0.05, 0) is 49.9 Å². The van der Waals surface area contributed by atoms with Crippen LogP contribution >= 0.6 is 0 Å². The number of halogens is 1. The van der Waals surface area contributed by atoms with Crippen LogP contribution in [-0.2, 0) is 6.42 Å². The lowest BCUT2D eigenvalue weighted by atomic mass is 9.81. The summed E-state index contributed by atoms with van der Waals surface area (Å²) in [5.74, 6) is 0.938. The molecule has 0 bridgehead atoms. The lowest BCUT2D eigenvalue weighted by Gasteiger charge is -2.35. The predicted octanol–water partition coefficient (Wildman–Crippen LogP) is 2.58. The molecule has 0 saturated carbocycles. The van der Waals surface area contributed by atoms with Gasteiger partial charge in [0.25, 0.3) is 0 Å². The summed E-state index contributed by atoms with van der Waals surface area (Å²) in [5, 5.41) is 3.11. The second-order valence-corrected chi connectivity index (χ2v) is 5.00. The monoisotopic (exact) mass is 237 g/mol. The summed E-state index contributed by atoms with van der Waals surface area (Å²) in [6.07, 6.45) is 1.68. The number of piperidine rings is 1. The smallest absolute Gasteiger partial charge is 0.123 e. The largest absolute Gasteiger partial charge is 0.497 e. The van der Waals surface area contributed by atoms with Crippen LogP contribution in [0.15, 0.2) is 24.3 Å². The maximum absolute atomic E-state index is 14.3. The second-order valence-electron chi connectivity index (χ2n) is 5.00. The van der Waals surface area contributed by atoms with Gasteiger partial charge in [0.1, 0.15) is 11.4 Å². The Labute approximate surface area is 102 Å². The fraction of sp³-hybridized carbons (Fsp3) is 0.571. The van der Waals surface area contributed by atoms with E-state index >= 15 is 0 Å². The Morgan fingerprint density at radius 2 is 2.35 bits per heavy atom. The minimum atomic E-state index is -1.11. The molecule has 0 spiro atoms. The molecule has 0 aromatic heterocycles. The van der Waals surface area contributed by atoms with Crippen molar-refractivity contribution in [3.05, 3.63) is 29.8 Å². The van der Waals surface area contributed by atoms with E-state index < -0.39 is 5.67 Å². The van der Waals surface area contributed by atoms with E-state index in [1.807, 2.05) is 24.3 Å². The summed E-state index contributed by atoms with van der Waals surface area (Å²) in [6, 6.07) is 7.92. The van der Waals surface area contributed by atoms with Crippen LogP contribution in [0, 0.1) is 5.92 Å². The van der Waals surface area contributed by atoms with Gasteiger partial charge in [0.2, 0.25) is 0 Å². The van der Waals surface area contributed by atoms with Gasteiger partial charge in [-0.1, -0.05) is 12.1 Å². The van der Waals surface area contributed by atoms with Gasteiger partial charge in [-0.25, -0.2) is 4.39 Å². The van der Waals surface area contributed by atoms with Crippen molar-refractivity contribution < 1.29 is 9.13 Å². The summed E-state index contributed by atoms with van der Waals surface area (Å²) in [5.41, 5.74) is 0.0431. The quantitative estimate of drug-likeness (QED) is 0.872. The maximum atomic E-state index is 14.3. The van der Waals surface area contributed by atoms with Crippen molar-refractivity contribution in [2.45, 2.75) is 25.4 Å². The molecule has 1 heterocycles. The minimum Gasteiger partial charge on any atom is -0.497 e. The topological polar surface area (TPSA) is 21.3 Å². The highest BCUT2D eigenvalue weighted by atomic mass is 19.1. The molecule has 1 aliphatic heterocycles. The molecule has 0 amide bonds. The zero-order chi connectivity index (χ0) is 12.3. The van der Waals surface area contributed by atoms with E-state index in [1.54, 1.807) is 14.0 Å². The molecule has 0 radical (unpaired) electrons. The van der Waals surface area contributed by atoms with Crippen LogP contribution in [-0.4, -0.2) is 25.9 Å². The highest BCUT2D eigenvalue weighted by Gasteiger charge is 2.36. The average Bonchev–Trinajstić information content (AvgIpc) is 2.32. The number of benzene rings is 1. The van der Waals surface area contributed by atoms with Gasteiger partial charge in [0.05, 0.1) is 7.11 Å². The first kappa shape index (κ1) is 12.4. The molecule has 2 nitrogen and oxygen atoms in total. The number of hydrogen-bond donors (Lipinski definition) is 1. The highest BCUT2D eigenvalue weighted by molar-refractivity contribution is 5.29. The summed E-state index contributed by atoms with van der Waals surface area (Å²) in [7, 11) is 1.66. The number of hydrogen-bond acceptors (Lipinski definition) is 2. The normalized spacial score (nSPS) is 29.0. The third-order valence-electron chi connectivity index (χ3n) is 3.61. The molecule has 1 aromatic rings. The van der Waals surface area contributed by atoms with E-state index in [9.17, 15) is 4.39 Å². The summed E-state index contributed by atoms with van der Waals surface area (Å²) < 4.78 is 19.5. The first-order valence-corrected chi connectivity index (χ1v) is 6.14. The minimum absolute atomic E-state index is 0.0934. The Morgan fingerprint density at radius 1 is 1.53 bits per heavy atom. The summed E-state index contributed by atoms with van der Waals surface area (Å²) >= 11 is 0. The molecule has 0 aliphatic carbocycles. The van der Waals surface area contributed by atoms with E-state index in [4.69, 9.17) is 4.74 Å². The van der Waals surface area contributed by atoms with Crippen molar-refractivity contribution in [2.24, 2.45) is 5.92 Å². The molecule has 1 aliphatic rings. The molecule has 17 heavy (non-hydrogen) atoms. The molecule has 1 N–H and O–H groups in total. The van der Waals surface area contributed by atoms with Crippen LogP contribution in [0.5, 0.6) is 5.75 Å². The number of alkyl halides is 1. The van der Waals surface area contributed by atoms with Crippen LogP contribution in [0.2, 0.25) is 0 Å². The predicted molar refractivity (Wildman–Crippen MR) is 67.2 cm³/mol. The standard InChI is InChI=1S/C14H20FNO/c1-14(15)10-16-7-6-12(14)8-11-4-3-5-13(9-11)17-2/h3-5,9,12,16H,6-8,10H2,1-2H3. The fourth-order valence-corrected chi connectivity index (χ4v) is 2.45. The lowest BCUT2D eigenvalue weighted by molar-refractivity contribution is 0.0712. The van der Waals surface area contributed by atoms with Gasteiger partial charge in [-0.2, -0.15) is 0 Å². The van der Waals surface area contributed by atoms with Gasteiger partial charge in [0.15, 0.2) is 0 Å². The Kier molecular flexibility index (Phi) is 3.67. The molecule has 1 aromatic carbocycles. The third kappa shape index (κ3) is 2.97. The number of methoxy groups -OCH3 is 1. The second kappa shape index (κ2) is 5.05. The van der Waals surface area contributed by atoms with Gasteiger partial charge in [-0.3, -0.25) is 0 Å². The first-order valence-electron chi connectivity index (χ1n) is 6.14. The zero-order valence-electron chi connectivity index (χ0n) is 10.5. The van der Waals surface area contributed by atoms with Crippen molar-refractivity contribution in [1.82, 2.24) is 5.32 Å². The molecule has 3 heteroatoms. The van der Waals surface area contributed by atoms with Crippen LogP contribution < -0.4 is 10.1 Å². The van der Waals surface area contributed by atoms with Crippen molar-refractivity contribution in [3.63, 3.8) is 0 Å². The van der Waals surface area contributed by atoms with Crippen LogP contribution in [0.3, 0.4) is 0 Å². The van der Waals surface area contributed by atoms with E-state index in [-0.39, 0.29) is 5.92 Å². The summed E-state index contributed by atoms with van der Waals surface area (Å²) in [6.45, 7) is 3.07. The maximum Gasteiger partial charge on any atom is 0.123 e. The molecular weight excluding hydrogens is 217 g/mol. The van der Waals surface area contributed by atoms with Gasteiger partial charge in [-0.15, -0.1) is 0 Å². The van der Waals surface area contributed by atoms with E-state index in [0.29, 0.717) is 6.54 Å². The van der Waals surface area contributed by atoms with Crippen molar-refractivity contribution in [1.29, 1.82) is 0 Å². The first-order chi connectivity index (χ1) is 8.12. The van der Waals surface area contributed by atoms with Crippen LogP contribution in [0.4, 0.5) is 4.39 Å². The molecule has 1 fully saturated rings. The number of rotatable bonds is 3. The zero-order valence-corrected chi connectivity index (χ0v) is 10.5. The Bertz CT molecular complexity index is 378. The van der Waals surface area contributed by atoms with Crippen molar-refractivity contribution >= 4 is 0 Å². The molecule has 2 atom stereocenters. The van der Waals surface area contributed by atoms with E-state index in [1.165, 1.54) is 0 Å².